The molecule has 0 fully saturated rings. The highest BCUT2D eigenvalue weighted by Crippen LogP contribution is 2.37. The van der Waals surface area contributed by atoms with E-state index in [4.69, 9.17) is 16.3 Å². The van der Waals surface area contributed by atoms with Crippen LogP contribution in [0.1, 0.15) is 58.6 Å². The minimum Gasteiger partial charge on any atom is -0.490 e. The molecule has 0 amide bonds. The number of hydrogen-bond donors (Lipinski definition) is 0. The van der Waals surface area contributed by atoms with Crippen LogP contribution in [0.5, 0.6) is 5.75 Å². The van der Waals surface area contributed by atoms with E-state index in [1.54, 1.807) is 0 Å². The summed E-state index contributed by atoms with van der Waals surface area (Å²) in [6.07, 6.45) is 0. The standard InChI is InChI=1S/C18H28ClNO/c1-12(2)9-20-10-15-7-14(13(3)4)8-16(19)17(15)21-11-18(20,5)6/h7-8,12-13H,9-11H2,1-6H3. The van der Waals surface area contributed by atoms with Crippen molar-refractivity contribution >= 4 is 11.6 Å². The predicted octanol–water partition coefficient (Wildman–Crippen LogP) is 5.09. The van der Waals surface area contributed by atoms with Gasteiger partial charge < -0.3 is 4.74 Å². The van der Waals surface area contributed by atoms with Crippen molar-refractivity contribution in [3.8, 4) is 5.75 Å². The minimum atomic E-state index is 0.0185. The average molecular weight is 310 g/mol. The third kappa shape index (κ3) is 3.73. The monoisotopic (exact) mass is 309 g/mol. The molecule has 0 saturated carbocycles. The van der Waals surface area contributed by atoms with Crippen LogP contribution in [0.3, 0.4) is 0 Å². The van der Waals surface area contributed by atoms with Gasteiger partial charge in [-0.25, -0.2) is 0 Å². The Morgan fingerprint density at radius 3 is 2.48 bits per heavy atom. The number of benzene rings is 1. The van der Waals surface area contributed by atoms with E-state index in [0.29, 0.717) is 18.4 Å². The van der Waals surface area contributed by atoms with E-state index in [2.05, 4.69) is 58.6 Å². The summed E-state index contributed by atoms with van der Waals surface area (Å²) in [4.78, 5) is 2.52. The highest BCUT2D eigenvalue weighted by molar-refractivity contribution is 6.32. The van der Waals surface area contributed by atoms with Gasteiger partial charge >= 0.3 is 0 Å². The molecule has 3 heteroatoms. The second-order valence-corrected chi connectivity index (χ2v) is 7.93. The van der Waals surface area contributed by atoms with E-state index in [1.807, 2.05) is 0 Å². The fourth-order valence-corrected chi connectivity index (χ4v) is 3.10. The van der Waals surface area contributed by atoms with Crippen LogP contribution >= 0.6 is 11.6 Å². The Morgan fingerprint density at radius 1 is 1.24 bits per heavy atom. The van der Waals surface area contributed by atoms with E-state index < -0.39 is 0 Å². The van der Waals surface area contributed by atoms with Crippen molar-refractivity contribution in [1.29, 1.82) is 0 Å². The number of nitrogens with zero attached hydrogens (tertiary/aromatic N) is 1. The lowest BCUT2D eigenvalue weighted by Crippen LogP contribution is -2.47. The minimum absolute atomic E-state index is 0.0185. The lowest BCUT2D eigenvalue weighted by molar-refractivity contribution is 0.0645. The molecule has 2 nitrogen and oxygen atoms in total. The summed E-state index contributed by atoms with van der Waals surface area (Å²) in [7, 11) is 0. The van der Waals surface area contributed by atoms with Crippen LogP contribution in [-0.2, 0) is 6.54 Å². The first-order chi connectivity index (χ1) is 9.70. The fourth-order valence-electron chi connectivity index (χ4n) is 2.80. The molecule has 0 spiro atoms. The van der Waals surface area contributed by atoms with Gasteiger partial charge in [0.15, 0.2) is 0 Å². The van der Waals surface area contributed by atoms with Crippen LogP contribution in [-0.4, -0.2) is 23.6 Å². The Hall–Kier alpha value is -0.730. The molecule has 1 aliphatic rings. The van der Waals surface area contributed by atoms with Crippen LogP contribution in [0.4, 0.5) is 0 Å². The van der Waals surface area contributed by atoms with Crippen LogP contribution in [0.15, 0.2) is 12.1 Å². The molecule has 0 saturated heterocycles. The zero-order chi connectivity index (χ0) is 15.8. The first-order valence-electron chi connectivity index (χ1n) is 7.91. The maximum absolute atomic E-state index is 6.47. The van der Waals surface area contributed by atoms with Gasteiger partial charge in [-0.3, -0.25) is 4.90 Å². The van der Waals surface area contributed by atoms with Gasteiger partial charge in [-0.05, 0) is 37.3 Å². The second kappa shape index (κ2) is 6.18. The van der Waals surface area contributed by atoms with Gasteiger partial charge in [0, 0.05) is 24.2 Å². The Balaban J connectivity index is 2.41. The molecule has 21 heavy (non-hydrogen) atoms. The topological polar surface area (TPSA) is 12.5 Å². The number of ether oxygens (including phenoxy) is 1. The second-order valence-electron chi connectivity index (χ2n) is 7.52. The van der Waals surface area contributed by atoms with E-state index in [0.717, 1.165) is 23.9 Å². The molecule has 2 rings (SSSR count). The molecule has 0 aromatic heterocycles. The molecule has 0 unspecified atom stereocenters. The van der Waals surface area contributed by atoms with Crippen LogP contribution in [0.2, 0.25) is 5.02 Å². The van der Waals surface area contributed by atoms with E-state index >= 15 is 0 Å². The van der Waals surface area contributed by atoms with Gasteiger partial charge in [0.2, 0.25) is 0 Å². The lowest BCUT2D eigenvalue weighted by atomic mass is 9.98. The third-order valence-corrected chi connectivity index (χ3v) is 4.46. The van der Waals surface area contributed by atoms with Crippen LogP contribution in [0.25, 0.3) is 0 Å². The van der Waals surface area contributed by atoms with E-state index in [-0.39, 0.29) is 5.54 Å². The number of rotatable bonds is 3. The quantitative estimate of drug-likeness (QED) is 0.771. The smallest absolute Gasteiger partial charge is 0.142 e. The molecule has 0 atom stereocenters. The first-order valence-corrected chi connectivity index (χ1v) is 8.28. The fraction of sp³-hybridized carbons (Fsp3) is 0.667. The molecule has 0 aliphatic carbocycles. The lowest BCUT2D eigenvalue weighted by Gasteiger charge is -2.37. The Labute approximate surface area is 134 Å². The van der Waals surface area contributed by atoms with Gasteiger partial charge in [0.1, 0.15) is 12.4 Å². The molecule has 1 heterocycles. The molecule has 0 N–H and O–H groups in total. The molecule has 0 bridgehead atoms. The third-order valence-electron chi connectivity index (χ3n) is 4.18. The summed E-state index contributed by atoms with van der Waals surface area (Å²) >= 11 is 6.47. The highest BCUT2D eigenvalue weighted by Gasteiger charge is 2.32. The van der Waals surface area contributed by atoms with Crippen molar-refractivity contribution in [1.82, 2.24) is 4.90 Å². The van der Waals surface area contributed by atoms with Gasteiger partial charge in [-0.1, -0.05) is 45.4 Å². The number of fused-ring (bicyclic) bond motifs is 1. The maximum Gasteiger partial charge on any atom is 0.142 e. The summed E-state index contributed by atoms with van der Waals surface area (Å²) in [6, 6.07) is 4.32. The average Bonchev–Trinajstić information content (AvgIpc) is 2.46. The SMILES string of the molecule is CC(C)CN1Cc2cc(C(C)C)cc(Cl)c2OCC1(C)C. The molecule has 1 aromatic rings. The van der Waals surface area contributed by atoms with Crippen LogP contribution < -0.4 is 4.74 Å². The van der Waals surface area contributed by atoms with Gasteiger partial charge in [-0.15, -0.1) is 0 Å². The molecule has 1 aromatic carbocycles. The normalized spacial score (nSPS) is 18.5. The number of hydrogen-bond acceptors (Lipinski definition) is 2. The maximum atomic E-state index is 6.47. The zero-order valence-corrected chi connectivity index (χ0v) is 14.9. The molecular formula is C18H28ClNO. The van der Waals surface area contributed by atoms with Gasteiger partial charge in [0.05, 0.1) is 5.02 Å². The van der Waals surface area contributed by atoms with Gasteiger partial charge in [0.25, 0.3) is 0 Å². The van der Waals surface area contributed by atoms with Crippen molar-refractivity contribution in [3.63, 3.8) is 0 Å². The molecule has 1 aliphatic heterocycles. The van der Waals surface area contributed by atoms with Gasteiger partial charge in [-0.2, -0.15) is 0 Å². The zero-order valence-electron chi connectivity index (χ0n) is 14.2. The highest BCUT2D eigenvalue weighted by atomic mass is 35.5. The van der Waals surface area contributed by atoms with Crippen molar-refractivity contribution in [3.05, 3.63) is 28.3 Å². The predicted molar refractivity (Wildman–Crippen MR) is 90.4 cm³/mol. The summed E-state index contributed by atoms with van der Waals surface area (Å²) in [5.41, 5.74) is 2.52. The Kier molecular flexibility index (Phi) is 4.89. The van der Waals surface area contributed by atoms with Crippen molar-refractivity contribution in [2.24, 2.45) is 5.92 Å². The van der Waals surface area contributed by atoms with E-state index in [9.17, 15) is 0 Å². The molecule has 0 radical (unpaired) electrons. The summed E-state index contributed by atoms with van der Waals surface area (Å²) in [5, 5.41) is 0.749. The molecule has 118 valence electrons. The summed E-state index contributed by atoms with van der Waals surface area (Å²) < 4.78 is 6.07. The largest absolute Gasteiger partial charge is 0.490 e. The van der Waals surface area contributed by atoms with E-state index in [1.165, 1.54) is 11.1 Å². The van der Waals surface area contributed by atoms with Crippen molar-refractivity contribution in [2.45, 2.75) is 59.5 Å². The summed E-state index contributed by atoms with van der Waals surface area (Å²) in [6.45, 7) is 16.1. The Morgan fingerprint density at radius 2 is 1.90 bits per heavy atom. The summed E-state index contributed by atoms with van der Waals surface area (Å²) in [5.74, 6) is 1.98. The van der Waals surface area contributed by atoms with Crippen LogP contribution in [0, 0.1) is 5.92 Å². The molecular weight excluding hydrogens is 282 g/mol. The number of halogens is 1. The van der Waals surface area contributed by atoms with Crippen molar-refractivity contribution < 1.29 is 4.74 Å². The first kappa shape index (κ1) is 16.6. The Bertz CT molecular complexity index is 508. The van der Waals surface area contributed by atoms with Crippen molar-refractivity contribution in [2.75, 3.05) is 13.2 Å².